The summed E-state index contributed by atoms with van der Waals surface area (Å²) in [6, 6.07) is 5.76. The van der Waals surface area contributed by atoms with Gasteiger partial charge in [0.1, 0.15) is 11.9 Å². The molecule has 0 N–H and O–H groups in total. The van der Waals surface area contributed by atoms with Gasteiger partial charge in [0.05, 0.1) is 17.4 Å². The second kappa shape index (κ2) is 10.3. The SMILES string of the molecule is CC(=Cc1ccccn1)C1CC2OC2(C)CCCC(C)CCC(=O)C(C)(C)CCC(=O)O1. The zero-order chi connectivity index (χ0) is 23.4. The second-order valence-electron chi connectivity index (χ2n) is 10.6. The van der Waals surface area contributed by atoms with Gasteiger partial charge in [-0.25, -0.2) is 0 Å². The largest absolute Gasteiger partial charge is 0.458 e. The highest BCUT2D eigenvalue weighted by atomic mass is 16.6. The fraction of sp³-hybridized carbons (Fsp3) is 0.667. The summed E-state index contributed by atoms with van der Waals surface area (Å²) >= 11 is 0. The number of hydrogen-bond acceptors (Lipinski definition) is 5. The topological polar surface area (TPSA) is 68.8 Å². The van der Waals surface area contributed by atoms with E-state index in [9.17, 15) is 9.59 Å². The van der Waals surface area contributed by atoms with Crippen LogP contribution in [0.3, 0.4) is 0 Å². The summed E-state index contributed by atoms with van der Waals surface area (Å²) < 4.78 is 12.0. The molecule has 3 rings (SSSR count). The Morgan fingerprint density at radius 2 is 1.91 bits per heavy atom. The highest BCUT2D eigenvalue weighted by Crippen LogP contribution is 2.44. The molecule has 0 aromatic carbocycles. The normalized spacial score (nSPS) is 32.7. The first-order valence-electron chi connectivity index (χ1n) is 12.1. The molecular formula is C27H39NO4. The van der Waals surface area contributed by atoms with E-state index in [0.29, 0.717) is 25.2 Å². The molecule has 176 valence electrons. The van der Waals surface area contributed by atoms with Crippen LogP contribution in [0.5, 0.6) is 0 Å². The Morgan fingerprint density at radius 3 is 2.62 bits per heavy atom. The van der Waals surface area contributed by atoms with Crippen LogP contribution in [0.25, 0.3) is 6.08 Å². The van der Waals surface area contributed by atoms with Crippen molar-refractivity contribution in [2.45, 2.75) is 104 Å². The molecule has 4 atom stereocenters. The number of ketones is 1. The first-order chi connectivity index (χ1) is 15.1. The van der Waals surface area contributed by atoms with Crippen molar-refractivity contribution >= 4 is 17.8 Å². The van der Waals surface area contributed by atoms with Gasteiger partial charge in [0.25, 0.3) is 0 Å². The molecule has 2 fully saturated rings. The van der Waals surface area contributed by atoms with Gasteiger partial charge in [0, 0.05) is 30.9 Å². The van der Waals surface area contributed by atoms with Crippen LogP contribution in [0.4, 0.5) is 0 Å². The van der Waals surface area contributed by atoms with Crippen LogP contribution in [-0.2, 0) is 19.1 Å². The molecule has 5 nitrogen and oxygen atoms in total. The fourth-order valence-electron chi connectivity index (χ4n) is 4.55. The van der Waals surface area contributed by atoms with Crippen LogP contribution in [0.1, 0.15) is 91.7 Å². The molecule has 3 heterocycles. The number of esters is 1. The fourth-order valence-corrected chi connectivity index (χ4v) is 4.55. The van der Waals surface area contributed by atoms with Crippen molar-refractivity contribution in [2.24, 2.45) is 11.3 Å². The molecule has 0 saturated carbocycles. The number of hydrogen-bond donors (Lipinski definition) is 0. The van der Waals surface area contributed by atoms with Crippen molar-refractivity contribution < 1.29 is 19.1 Å². The molecule has 0 bridgehead atoms. The molecule has 1 aromatic heterocycles. The Labute approximate surface area is 193 Å². The minimum Gasteiger partial charge on any atom is -0.458 e. The monoisotopic (exact) mass is 441 g/mol. The average Bonchev–Trinajstić information content (AvgIpc) is 3.39. The number of cyclic esters (lactones) is 1. The lowest BCUT2D eigenvalue weighted by atomic mass is 9.80. The third-order valence-corrected chi connectivity index (χ3v) is 7.25. The molecule has 0 radical (unpaired) electrons. The number of ether oxygens (including phenoxy) is 2. The Morgan fingerprint density at radius 1 is 1.12 bits per heavy atom. The molecule has 4 unspecified atom stereocenters. The molecule has 2 saturated heterocycles. The standard InChI is InChI=1S/C27H39NO4/c1-19-9-8-14-27(5)24(32-27)18-22(20(2)17-21-10-6-7-16-28-21)31-25(30)13-15-26(3,4)23(29)12-11-19/h6-7,10,16-17,19,22,24H,8-9,11-15,18H2,1-5H3. The maximum atomic E-state index is 12.8. The van der Waals surface area contributed by atoms with Crippen LogP contribution in [0.15, 0.2) is 30.0 Å². The first kappa shape index (κ1) is 24.6. The van der Waals surface area contributed by atoms with E-state index in [1.54, 1.807) is 6.20 Å². The van der Waals surface area contributed by atoms with Gasteiger partial charge in [-0.2, -0.15) is 0 Å². The van der Waals surface area contributed by atoms with Crippen molar-refractivity contribution in [3.63, 3.8) is 0 Å². The van der Waals surface area contributed by atoms with Crippen LogP contribution in [0, 0.1) is 11.3 Å². The summed E-state index contributed by atoms with van der Waals surface area (Å²) in [6.07, 6.45) is 9.53. The molecular weight excluding hydrogens is 402 g/mol. The number of epoxide rings is 1. The number of carbonyl (C=O) groups excluding carboxylic acids is 2. The summed E-state index contributed by atoms with van der Waals surface area (Å²) in [5.41, 5.74) is 1.14. The second-order valence-corrected chi connectivity index (χ2v) is 10.6. The van der Waals surface area contributed by atoms with Gasteiger partial charge in [-0.05, 0) is 62.8 Å². The number of carbonyl (C=O) groups is 2. The van der Waals surface area contributed by atoms with Crippen molar-refractivity contribution in [1.29, 1.82) is 0 Å². The number of aromatic nitrogens is 1. The quantitative estimate of drug-likeness (QED) is 0.421. The summed E-state index contributed by atoms with van der Waals surface area (Å²) in [5.74, 6) is 0.502. The molecule has 0 aliphatic carbocycles. The predicted octanol–water partition coefficient (Wildman–Crippen LogP) is 5.92. The zero-order valence-corrected chi connectivity index (χ0v) is 20.4. The van der Waals surface area contributed by atoms with Crippen LogP contribution in [0.2, 0.25) is 0 Å². The third-order valence-electron chi connectivity index (χ3n) is 7.25. The van der Waals surface area contributed by atoms with Crippen molar-refractivity contribution in [3.05, 3.63) is 35.7 Å². The van der Waals surface area contributed by atoms with E-state index >= 15 is 0 Å². The molecule has 0 amide bonds. The van der Waals surface area contributed by atoms with E-state index in [2.05, 4.69) is 18.8 Å². The summed E-state index contributed by atoms with van der Waals surface area (Å²) in [6.45, 7) is 10.3. The van der Waals surface area contributed by atoms with Crippen LogP contribution < -0.4 is 0 Å². The van der Waals surface area contributed by atoms with E-state index < -0.39 is 5.41 Å². The van der Waals surface area contributed by atoms with Gasteiger partial charge in [-0.3, -0.25) is 14.6 Å². The Balaban J connectivity index is 1.77. The maximum absolute atomic E-state index is 12.8. The van der Waals surface area contributed by atoms with E-state index in [0.717, 1.165) is 37.0 Å². The Kier molecular flexibility index (Phi) is 7.92. The lowest BCUT2D eigenvalue weighted by Gasteiger charge is -2.25. The van der Waals surface area contributed by atoms with Gasteiger partial charge in [0.15, 0.2) is 0 Å². The van der Waals surface area contributed by atoms with Gasteiger partial charge in [-0.15, -0.1) is 0 Å². The zero-order valence-electron chi connectivity index (χ0n) is 20.4. The highest BCUT2D eigenvalue weighted by Gasteiger charge is 2.52. The van der Waals surface area contributed by atoms with Crippen LogP contribution >= 0.6 is 0 Å². The van der Waals surface area contributed by atoms with E-state index in [4.69, 9.17) is 9.47 Å². The van der Waals surface area contributed by atoms with E-state index in [1.165, 1.54) is 0 Å². The predicted molar refractivity (Wildman–Crippen MR) is 126 cm³/mol. The number of Topliss-reactive ketones (excluding diaryl/α,β-unsaturated/α-hetero) is 1. The molecule has 0 spiro atoms. The lowest BCUT2D eigenvalue weighted by Crippen LogP contribution is -2.28. The minimum absolute atomic E-state index is 0.0913. The summed E-state index contributed by atoms with van der Waals surface area (Å²) in [7, 11) is 0. The van der Waals surface area contributed by atoms with Crippen molar-refractivity contribution in [1.82, 2.24) is 4.98 Å². The molecule has 2 aliphatic rings. The number of rotatable bonds is 2. The van der Waals surface area contributed by atoms with Crippen LogP contribution in [-0.4, -0.2) is 34.5 Å². The molecule has 5 heteroatoms. The smallest absolute Gasteiger partial charge is 0.306 e. The lowest BCUT2D eigenvalue weighted by molar-refractivity contribution is -0.148. The number of pyridine rings is 1. The summed E-state index contributed by atoms with van der Waals surface area (Å²) in [4.78, 5) is 29.9. The van der Waals surface area contributed by atoms with Gasteiger partial charge < -0.3 is 9.47 Å². The maximum Gasteiger partial charge on any atom is 0.306 e. The molecule has 2 aliphatic heterocycles. The number of nitrogens with zero attached hydrogens (tertiary/aromatic N) is 1. The Bertz CT molecular complexity index is 831. The highest BCUT2D eigenvalue weighted by molar-refractivity contribution is 5.84. The van der Waals surface area contributed by atoms with Gasteiger partial charge >= 0.3 is 5.97 Å². The minimum atomic E-state index is -0.512. The van der Waals surface area contributed by atoms with E-state index in [-0.39, 0.29) is 36.0 Å². The summed E-state index contributed by atoms with van der Waals surface area (Å²) in [5, 5.41) is 0. The molecule has 1 aromatic rings. The van der Waals surface area contributed by atoms with Gasteiger partial charge in [0.2, 0.25) is 0 Å². The number of fused-ring (bicyclic) bond motifs is 1. The van der Waals surface area contributed by atoms with Gasteiger partial charge in [-0.1, -0.05) is 39.7 Å². The average molecular weight is 442 g/mol. The van der Waals surface area contributed by atoms with Crippen molar-refractivity contribution in [2.75, 3.05) is 0 Å². The first-order valence-corrected chi connectivity index (χ1v) is 12.1. The third kappa shape index (κ3) is 6.74. The molecule has 32 heavy (non-hydrogen) atoms. The van der Waals surface area contributed by atoms with E-state index in [1.807, 2.05) is 45.0 Å². The Hall–Kier alpha value is -2.01. The van der Waals surface area contributed by atoms with Crippen molar-refractivity contribution in [3.8, 4) is 0 Å².